The zero-order valence-corrected chi connectivity index (χ0v) is 9.93. The smallest absolute Gasteiger partial charge is 0.0406 e. The molecule has 2 rings (SSSR count). The molecule has 2 atom stereocenters. The van der Waals surface area contributed by atoms with E-state index in [1.807, 2.05) is 12.1 Å². The molecule has 0 aromatic heterocycles. The highest BCUT2D eigenvalue weighted by Crippen LogP contribution is 2.19. The summed E-state index contributed by atoms with van der Waals surface area (Å²) in [6, 6.07) is 8.93. The van der Waals surface area contributed by atoms with Crippen molar-refractivity contribution < 1.29 is 0 Å². The van der Waals surface area contributed by atoms with Crippen molar-refractivity contribution >= 4 is 11.6 Å². The predicted molar refractivity (Wildman–Crippen MR) is 65.3 cm³/mol. The van der Waals surface area contributed by atoms with Crippen LogP contribution in [0.2, 0.25) is 5.02 Å². The van der Waals surface area contributed by atoms with Gasteiger partial charge in [-0.25, -0.2) is 0 Å². The Morgan fingerprint density at radius 1 is 1.40 bits per heavy atom. The van der Waals surface area contributed by atoms with Gasteiger partial charge in [-0.2, -0.15) is 0 Å². The maximum absolute atomic E-state index is 5.86. The minimum atomic E-state index is 0.709. The van der Waals surface area contributed by atoms with Crippen LogP contribution in [-0.2, 0) is 6.42 Å². The molecule has 82 valence electrons. The van der Waals surface area contributed by atoms with E-state index in [-0.39, 0.29) is 0 Å². The lowest BCUT2D eigenvalue weighted by molar-refractivity contribution is 0.417. The highest BCUT2D eigenvalue weighted by Gasteiger charge is 2.20. The van der Waals surface area contributed by atoms with Gasteiger partial charge < -0.3 is 5.32 Å². The minimum absolute atomic E-state index is 0.709. The second kappa shape index (κ2) is 5.00. The fraction of sp³-hybridized carbons (Fsp3) is 0.538. The molecule has 0 amide bonds. The van der Waals surface area contributed by atoms with Gasteiger partial charge in [0, 0.05) is 11.1 Å². The van der Waals surface area contributed by atoms with Crippen LogP contribution in [0.1, 0.15) is 25.3 Å². The van der Waals surface area contributed by atoms with Gasteiger partial charge in [-0.05, 0) is 49.4 Å². The van der Waals surface area contributed by atoms with Gasteiger partial charge in [0.05, 0.1) is 0 Å². The quantitative estimate of drug-likeness (QED) is 0.830. The molecule has 0 radical (unpaired) electrons. The van der Waals surface area contributed by atoms with E-state index in [4.69, 9.17) is 11.6 Å². The first-order chi connectivity index (χ1) is 7.25. The second-order valence-electron chi connectivity index (χ2n) is 4.51. The van der Waals surface area contributed by atoms with Crippen LogP contribution in [0, 0.1) is 5.92 Å². The summed E-state index contributed by atoms with van der Waals surface area (Å²) in [5.41, 5.74) is 1.39. The number of rotatable bonds is 3. The maximum Gasteiger partial charge on any atom is 0.0406 e. The van der Waals surface area contributed by atoms with Crippen molar-refractivity contribution in [3.05, 3.63) is 34.9 Å². The minimum Gasteiger partial charge on any atom is -0.314 e. The van der Waals surface area contributed by atoms with Crippen molar-refractivity contribution in [2.45, 2.75) is 32.2 Å². The Bertz CT molecular complexity index is 301. The summed E-state index contributed by atoms with van der Waals surface area (Å²) < 4.78 is 0. The van der Waals surface area contributed by atoms with Gasteiger partial charge in [0.2, 0.25) is 0 Å². The van der Waals surface area contributed by atoms with E-state index in [1.54, 1.807) is 0 Å². The summed E-state index contributed by atoms with van der Waals surface area (Å²) in [5.74, 6) is 0.716. The predicted octanol–water partition coefficient (Wildman–Crippen LogP) is 3.27. The summed E-state index contributed by atoms with van der Waals surface area (Å²) >= 11 is 5.86. The van der Waals surface area contributed by atoms with E-state index < -0.39 is 0 Å². The summed E-state index contributed by atoms with van der Waals surface area (Å²) in [4.78, 5) is 0. The van der Waals surface area contributed by atoms with E-state index in [1.165, 1.54) is 24.9 Å². The molecule has 2 heteroatoms. The molecule has 0 spiro atoms. The standard InChI is InChI=1S/C13H18ClN/c1-10(13-3-2-8-15-13)9-11-4-6-12(14)7-5-11/h4-7,10,13,15H,2-3,8-9H2,1H3. The lowest BCUT2D eigenvalue weighted by Gasteiger charge is -2.19. The molecule has 15 heavy (non-hydrogen) atoms. The zero-order chi connectivity index (χ0) is 10.7. The second-order valence-corrected chi connectivity index (χ2v) is 4.95. The summed E-state index contributed by atoms with van der Waals surface area (Å²) in [7, 11) is 0. The molecule has 1 aromatic rings. The molecular weight excluding hydrogens is 206 g/mol. The van der Waals surface area contributed by atoms with E-state index in [2.05, 4.69) is 24.4 Å². The molecule has 0 aliphatic carbocycles. The highest BCUT2D eigenvalue weighted by molar-refractivity contribution is 6.30. The van der Waals surface area contributed by atoms with E-state index >= 15 is 0 Å². The molecule has 0 saturated carbocycles. The van der Waals surface area contributed by atoms with E-state index in [0.29, 0.717) is 12.0 Å². The van der Waals surface area contributed by atoms with E-state index in [9.17, 15) is 0 Å². The third-order valence-corrected chi connectivity index (χ3v) is 3.51. The van der Waals surface area contributed by atoms with Crippen LogP contribution in [0.3, 0.4) is 0 Å². The molecule has 1 aromatic carbocycles. The SMILES string of the molecule is CC(Cc1ccc(Cl)cc1)C1CCCN1. The van der Waals surface area contributed by atoms with Gasteiger partial charge in [0.25, 0.3) is 0 Å². The fourth-order valence-electron chi connectivity index (χ4n) is 2.33. The molecule has 1 heterocycles. The van der Waals surface area contributed by atoms with Gasteiger partial charge in [0.1, 0.15) is 0 Å². The fourth-order valence-corrected chi connectivity index (χ4v) is 2.46. The first kappa shape index (κ1) is 11.0. The Hall–Kier alpha value is -0.530. The molecule has 1 aliphatic rings. The largest absolute Gasteiger partial charge is 0.314 e. The van der Waals surface area contributed by atoms with Gasteiger partial charge in [0.15, 0.2) is 0 Å². The summed E-state index contributed by atoms with van der Waals surface area (Å²) in [6.45, 7) is 3.52. The Morgan fingerprint density at radius 3 is 2.73 bits per heavy atom. The number of hydrogen-bond donors (Lipinski definition) is 1. The maximum atomic E-state index is 5.86. The van der Waals surface area contributed by atoms with Gasteiger partial charge in [-0.1, -0.05) is 30.7 Å². The molecule has 1 aliphatic heterocycles. The Labute approximate surface area is 96.8 Å². The highest BCUT2D eigenvalue weighted by atomic mass is 35.5. The molecule has 2 unspecified atom stereocenters. The number of hydrogen-bond acceptors (Lipinski definition) is 1. The zero-order valence-electron chi connectivity index (χ0n) is 9.17. The topological polar surface area (TPSA) is 12.0 Å². The third-order valence-electron chi connectivity index (χ3n) is 3.26. The van der Waals surface area contributed by atoms with Crippen LogP contribution in [0.5, 0.6) is 0 Å². The van der Waals surface area contributed by atoms with E-state index in [0.717, 1.165) is 11.4 Å². The van der Waals surface area contributed by atoms with Crippen molar-refractivity contribution in [3.63, 3.8) is 0 Å². The molecule has 0 bridgehead atoms. The van der Waals surface area contributed by atoms with Gasteiger partial charge in [-0.3, -0.25) is 0 Å². The Kier molecular flexibility index (Phi) is 3.66. The Morgan fingerprint density at radius 2 is 2.13 bits per heavy atom. The molecule has 1 saturated heterocycles. The van der Waals surface area contributed by atoms with Crippen molar-refractivity contribution in [2.75, 3.05) is 6.54 Å². The van der Waals surface area contributed by atoms with Crippen LogP contribution in [-0.4, -0.2) is 12.6 Å². The average molecular weight is 224 g/mol. The van der Waals surface area contributed by atoms with Crippen LogP contribution in [0.15, 0.2) is 24.3 Å². The number of nitrogens with one attached hydrogen (secondary N) is 1. The monoisotopic (exact) mass is 223 g/mol. The van der Waals surface area contributed by atoms with Crippen molar-refractivity contribution in [1.82, 2.24) is 5.32 Å². The normalized spacial score (nSPS) is 22.9. The number of halogens is 1. The van der Waals surface area contributed by atoms with Crippen LogP contribution >= 0.6 is 11.6 Å². The van der Waals surface area contributed by atoms with Crippen LogP contribution < -0.4 is 5.32 Å². The van der Waals surface area contributed by atoms with Crippen molar-refractivity contribution in [1.29, 1.82) is 0 Å². The third kappa shape index (κ3) is 2.96. The first-order valence-electron chi connectivity index (χ1n) is 5.73. The molecule has 1 N–H and O–H groups in total. The first-order valence-corrected chi connectivity index (χ1v) is 6.11. The lowest BCUT2D eigenvalue weighted by Crippen LogP contribution is -2.29. The lowest BCUT2D eigenvalue weighted by atomic mass is 9.93. The van der Waals surface area contributed by atoms with Gasteiger partial charge in [-0.15, -0.1) is 0 Å². The number of benzene rings is 1. The van der Waals surface area contributed by atoms with Crippen molar-refractivity contribution in [2.24, 2.45) is 5.92 Å². The molecule has 1 fully saturated rings. The van der Waals surface area contributed by atoms with Gasteiger partial charge >= 0.3 is 0 Å². The van der Waals surface area contributed by atoms with Crippen LogP contribution in [0.25, 0.3) is 0 Å². The Balaban J connectivity index is 1.92. The van der Waals surface area contributed by atoms with Crippen molar-refractivity contribution in [3.8, 4) is 0 Å². The molecular formula is C13H18ClN. The summed E-state index contributed by atoms with van der Waals surface area (Å²) in [5, 5.41) is 4.39. The molecule has 1 nitrogen and oxygen atoms in total. The summed E-state index contributed by atoms with van der Waals surface area (Å²) in [6.07, 6.45) is 3.80. The van der Waals surface area contributed by atoms with Crippen LogP contribution in [0.4, 0.5) is 0 Å². The average Bonchev–Trinajstić information content (AvgIpc) is 2.74.